The fraction of sp³-hybridized carbons (Fsp3) is 0.192. The van der Waals surface area contributed by atoms with E-state index < -0.39 is 12.0 Å². The van der Waals surface area contributed by atoms with Crippen LogP contribution in [0.5, 0.6) is 11.5 Å². The minimum atomic E-state index is -0.777. The lowest BCUT2D eigenvalue weighted by molar-refractivity contribution is -0.150. The molecule has 0 heterocycles. The molecule has 0 aliphatic rings. The molecule has 0 saturated heterocycles. The molecule has 0 fully saturated rings. The molecule has 0 saturated carbocycles. The molecule has 0 aromatic heterocycles. The summed E-state index contributed by atoms with van der Waals surface area (Å²) in [5.74, 6) is 0.458. The van der Waals surface area contributed by atoms with Gasteiger partial charge in [0, 0.05) is 10.6 Å². The van der Waals surface area contributed by atoms with Gasteiger partial charge >= 0.3 is 5.97 Å². The fourth-order valence-corrected chi connectivity index (χ4v) is 3.71. The van der Waals surface area contributed by atoms with Gasteiger partial charge in [0.25, 0.3) is 0 Å². The van der Waals surface area contributed by atoms with Gasteiger partial charge in [-0.2, -0.15) is 0 Å². The van der Waals surface area contributed by atoms with Crippen LogP contribution in [0.15, 0.2) is 89.4 Å². The maximum absolute atomic E-state index is 13.2. The van der Waals surface area contributed by atoms with E-state index in [2.05, 4.69) is 0 Å². The molecular weight excluding hydrogens is 467 g/mol. The molecule has 0 aliphatic carbocycles. The molecule has 6 heteroatoms. The van der Waals surface area contributed by atoms with E-state index in [9.17, 15) is 4.79 Å². The topological polar surface area (TPSA) is 35.5 Å². The first-order chi connectivity index (χ1) is 15.3. The van der Waals surface area contributed by atoms with Crippen LogP contribution in [-0.2, 0) is 9.53 Å². The molecule has 32 heavy (non-hydrogen) atoms. The number of benzene rings is 3. The van der Waals surface area contributed by atoms with Crippen LogP contribution in [0, 0.1) is 5.92 Å². The second kappa shape index (κ2) is 11.4. The van der Waals surface area contributed by atoms with Crippen LogP contribution in [0.3, 0.4) is 0 Å². The van der Waals surface area contributed by atoms with Gasteiger partial charge in [-0.05, 0) is 54.0 Å². The van der Waals surface area contributed by atoms with E-state index in [4.69, 9.17) is 44.3 Å². The average Bonchev–Trinajstić information content (AvgIpc) is 2.75. The Morgan fingerprint density at radius 1 is 0.844 bits per heavy atom. The summed E-state index contributed by atoms with van der Waals surface area (Å²) < 4.78 is 11.8. The quantitative estimate of drug-likeness (QED) is 0.298. The van der Waals surface area contributed by atoms with Gasteiger partial charge in [-0.25, -0.2) is 0 Å². The molecule has 3 nitrogen and oxygen atoms in total. The highest BCUT2D eigenvalue weighted by atomic mass is 35.5. The lowest BCUT2D eigenvalue weighted by Gasteiger charge is -2.23. The fourth-order valence-electron chi connectivity index (χ4n) is 3.35. The van der Waals surface area contributed by atoms with Crippen LogP contribution in [0.1, 0.15) is 37.0 Å². The van der Waals surface area contributed by atoms with Crippen molar-refractivity contribution in [2.24, 2.45) is 5.92 Å². The molecule has 0 spiro atoms. The molecule has 0 amide bonds. The zero-order chi connectivity index (χ0) is 23.1. The summed E-state index contributed by atoms with van der Waals surface area (Å²) in [7, 11) is 0. The maximum atomic E-state index is 13.2. The minimum Gasteiger partial charge on any atom is -0.457 e. The predicted molar refractivity (Wildman–Crippen MR) is 131 cm³/mol. The third-order valence-electron chi connectivity index (χ3n) is 4.84. The van der Waals surface area contributed by atoms with Gasteiger partial charge in [-0.1, -0.05) is 91.1 Å². The second-order valence-electron chi connectivity index (χ2n) is 7.57. The van der Waals surface area contributed by atoms with Gasteiger partial charge in [-0.15, -0.1) is 0 Å². The van der Waals surface area contributed by atoms with Crippen LogP contribution in [0.4, 0.5) is 0 Å². The third-order valence-corrected chi connectivity index (χ3v) is 5.34. The summed E-state index contributed by atoms with van der Waals surface area (Å²) >= 11 is 17.9. The Balaban J connectivity index is 1.86. The standard InChI is InChI=1S/C26H23Cl3O3/c1-17(2)25(18-11-13-20(27)14-12-18)26(30)32-23(16-24(28)29)19-7-6-10-22(15-19)31-21-8-4-3-5-9-21/h3-17,23,25H,1-2H3. The second-order valence-corrected chi connectivity index (χ2v) is 9.02. The number of rotatable bonds is 8. The highest BCUT2D eigenvalue weighted by Gasteiger charge is 2.28. The molecule has 0 radical (unpaired) electrons. The molecule has 0 N–H and O–H groups in total. The Morgan fingerprint density at radius 3 is 2.12 bits per heavy atom. The first-order valence-corrected chi connectivity index (χ1v) is 11.3. The molecule has 3 rings (SSSR count). The molecule has 2 atom stereocenters. The summed E-state index contributed by atoms with van der Waals surface area (Å²) in [5, 5.41) is 0.606. The number of halogens is 3. The Morgan fingerprint density at radius 2 is 1.50 bits per heavy atom. The Hall–Kier alpha value is -2.46. The van der Waals surface area contributed by atoms with E-state index in [0.717, 1.165) is 5.56 Å². The number of ether oxygens (including phenoxy) is 2. The molecule has 0 aliphatic heterocycles. The minimum absolute atomic E-state index is 0.00442. The van der Waals surface area contributed by atoms with E-state index in [1.807, 2.05) is 74.5 Å². The van der Waals surface area contributed by atoms with E-state index in [0.29, 0.717) is 22.1 Å². The number of esters is 1. The summed E-state index contributed by atoms with van der Waals surface area (Å²) in [6.45, 7) is 3.93. The van der Waals surface area contributed by atoms with Gasteiger partial charge in [0.1, 0.15) is 22.1 Å². The number of carbonyl (C=O) groups is 1. The van der Waals surface area contributed by atoms with Gasteiger partial charge in [0.15, 0.2) is 0 Å². The van der Waals surface area contributed by atoms with Crippen molar-refractivity contribution in [1.29, 1.82) is 0 Å². The van der Waals surface area contributed by atoms with Gasteiger partial charge in [-0.3, -0.25) is 4.79 Å². The van der Waals surface area contributed by atoms with E-state index in [1.54, 1.807) is 18.2 Å². The summed E-state index contributed by atoms with van der Waals surface area (Å²) in [4.78, 5) is 13.2. The molecule has 2 unspecified atom stereocenters. The number of carbonyl (C=O) groups excluding carboxylic acids is 1. The van der Waals surface area contributed by atoms with Crippen molar-refractivity contribution in [2.75, 3.05) is 0 Å². The van der Waals surface area contributed by atoms with Crippen molar-refractivity contribution in [3.8, 4) is 11.5 Å². The van der Waals surface area contributed by atoms with Crippen molar-refractivity contribution < 1.29 is 14.3 Å². The van der Waals surface area contributed by atoms with Gasteiger partial charge in [0.2, 0.25) is 0 Å². The average molecular weight is 490 g/mol. The monoisotopic (exact) mass is 488 g/mol. The van der Waals surface area contributed by atoms with Crippen molar-refractivity contribution >= 4 is 40.8 Å². The first kappa shape index (κ1) is 24.2. The molecular formula is C26H23Cl3O3. The Labute approximate surface area is 203 Å². The van der Waals surface area contributed by atoms with Crippen molar-refractivity contribution in [3.05, 3.63) is 106 Å². The van der Waals surface area contributed by atoms with E-state index in [-0.39, 0.29) is 16.4 Å². The summed E-state index contributed by atoms with van der Waals surface area (Å²) in [6.07, 6.45) is 0.711. The first-order valence-electron chi connectivity index (χ1n) is 10.1. The number of para-hydroxylation sites is 1. The number of hydrogen-bond acceptors (Lipinski definition) is 3. The zero-order valence-electron chi connectivity index (χ0n) is 17.7. The lowest BCUT2D eigenvalue weighted by atomic mass is 9.88. The molecule has 0 bridgehead atoms. The normalized spacial score (nSPS) is 12.7. The van der Waals surface area contributed by atoms with Crippen LogP contribution in [0.2, 0.25) is 5.02 Å². The number of hydrogen-bond donors (Lipinski definition) is 0. The smallest absolute Gasteiger partial charge is 0.314 e. The van der Waals surface area contributed by atoms with Crippen molar-refractivity contribution in [1.82, 2.24) is 0 Å². The summed E-state index contributed by atoms with van der Waals surface area (Å²) in [5.41, 5.74) is 1.51. The van der Waals surface area contributed by atoms with Gasteiger partial charge in [0.05, 0.1) is 5.92 Å². The van der Waals surface area contributed by atoms with Gasteiger partial charge < -0.3 is 9.47 Å². The molecule has 3 aromatic carbocycles. The highest BCUT2D eigenvalue weighted by molar-refractivity contribution is 6.55. The zero-order valence-corrected chi connectivity index (χ0v) is 19.9. The molecule has 166 valence electrons. The summed E-state index contributed by atoms with van der Waals surface area (Å²) in [6, 6.07) is 23.9. The lowest BCUT2D eigenvalue weighted by Crippen LogP contribution is -2.22. The molecule has 3 aromatic rings. The Bertz CT molecular complexity index is 1060. The van der Waals surface area contributed by atoms with Crippen LogP contribution in [-0.4, -0.2) is 5.97 Å². The largest absolute Gasteiger partial charge is 0.457 e. The van der Waals surface area contributed by atoms with Crippen LogP contribution < -0.4 is 4.74 Å². The van der Waals surface area contributed by atoms with Crippen LogP contribution >= 0.6 is 34.8 Å². The van der Waals surface area contributed by atoms with Crippen molar-refractivity contribution in [3.63, 3.8) is 0 Å². The Kier molecular flexibility index (Phi) is 8.63. The predicted octanol–water partition coefficient (Wildman–Crippen LogP) is 8.48. The van der Waals surface area contributed by atoms with E-state index >= 15 is 0 Å². The highest BCUT2D eigenvalue weighted by Crippen LogP contribution is 2.33. The van der Waals surface area contributed by atoms with E-state index in [1.165, 1.54) is 6.08 Å². The third kappa shape index (κ3) is 6.77. The van der Waals surface area contributed by atoms with Crippen LogP contribution in [0.25, 0.3) is 0 Å². The maximum Gasteiger partial charge on any atom is 0.314 e. The van der Waals surface area contributed by atoms with Crippen molar-refractivity contribution in [2.45, 2.75) is 25.9 Å². The SMILES string of the molecule is CC(C)C(C(=O)OC(C=C(Cl)Cl)c1cccc(Oc2ccccc2)c1)c1ccc(Cl)cc1.